The van der Waals surface area contributed by atoms with Crippen LogP contribution in [0.25, 0.3) is 11.1 Å². The average Bonchev–Trinajstić information content (AvgIpc) is 3.28. The van der Waals surface area contributed by atoms with Gasteiger partial charge in [0, 0.05) is 18.2 Å². The molecule has 0 bridgehead atoms. The zero-order valence-electron chi connectivity index (χ0n) is 15.9. The van der Waals surface area contributed by atoms with Crippen LogP contribution in [-0.4, -0.2) is 36.7 Å². The van der Waals surface area contributed by atoms with Gasteiger partial charge in [-0.05, 0) is 61.6 Å². The Bertz CT molecular complexity index is 846. The summed E-state index contributed by atoms with van der Waals surface area (Å²) in [5.41, 5.74) is 3.97. The third kappa shape index (κ3) is 4.14. The van der Waals surface area contributed by atoms with Crippen LogP contribution in [0.15, 0.2) is 36.4 Å². The van der Waals surface area contributed by atoms with Crippen molar-refractivity contribution in [1.29, 1.82) is 0 Å². The highest BCUT2D eigenvalue weighted by molar-refractivity contribution is 6.39. The van der Waals surface area contributed by atoms with E-state index in [9.17, 15) is 4.79 Å². The van der Waals surface area contributed by atoms with Gasteiger partial charge in [0.05, 0.1) is 16.1 Å². The minimum absolute atomic E-state index is 0.216. The van der Waals surface area contributed by atoms with E-state index in [-0.39, 0.29) is 12.6 Å². The fourth-order valence-electron chi connectivity index (χ4n) is 4.07. The van der Waals surface area contributed by atoms with Gasteiger partial charge in [-0.25, -0.2) is 4.79 Å². The number of carbonyl (C=O) groups excluding carboxylic acids is 1. The van der Waals surface area contributed by atoms with Crippen molar-refractivity contribution < 1.29 is 9.53 Å². The Hall–Kier alpha value is -1.75. The van der Waals surface area contributed by atoms with Crippen LogP contribution in [-0.2, 0) is 11.2 Å². The number of ether oxygens (including phenoxy) is 1. The lowest BCUT2D eigenvalue weighted by atomic mass is 9.99. The van der Waals surface area contributed by atoms with Crippen LogP contribution in [0.1, 0.15) is 36.9 Å². The molecule has 1 amide bonds. The molecule has 2 saturated heterocycles. The maximum Gasteiger partial charge on any atom is 0.407 e. The molecule has 2 aromatic rings. The summed E-state index contributed by atoms with van der Waals surface area (Å²) in [6.45, 7) is 4.91. The Labute approximate surface area is 175 Å². The lowest BCUT2D eigenvalue weighted by Gasteiger charge is -2.20. The van der Waals surface area contributed by atoms with E-state index < -0.39 is 6.09 Å². The van der Waals surface area contributed by atoms with E-state index in [1.54, 1.807) is 0 Å². The van der Waals surface area contributed by atoms with Gasteiger partial charge in [0.1, 0.15) is 6.61 Å². The summed E-state index contributed by atoms with van der Waals surface area (Å²) in [6, 6.07) is 12.7. The maximum atomic E-state index is 11.3. The fourth-order valence-corrected chi connectivity index (χ4v) is 4.79. The van der Waals surface area contributed by atoms with Crippen molar-refractivity contribution in [1.82, 2.24) is 10.2 Å². The molecule has 2 atom stereocenters. The SMILES string of the molecule is C[C@@H]1CCCN1CCc1ccc(-c2c(Cl)cc([C@@H]3COC(=O)N3)cc2Cl)cc1. The Kier molecular flexibility index (Phi) is 5.81. The lowest BCUT2D eigenvalue weighted by Crippen LogP contribution is -2.28. The maximum absolute atomic E-state index is 11.3. The van der Waals surface area contributed by atoms with Crippen LogP contribution in [0, 0.1) is 0 Å². The molecular weight excluding hydrogens is 395 g/mol. The molecule has 0 unspecified atom stereocenters. The summed E-state index contributed by atoms with van der Waals surface area (Å²) in [5.74, 6) is 0. The first-order valence-electron chi connectivity index (χ1n) is 9.77. The van der Waals surface area contributed by atoms with E-state index in [0.717, 1.165) is 29.7 Å². The van der Waals surface area contributed by atoms with Crippen LogP contribution < -0.4 is 5.32 Å². The number of nitrogens with zero attached hydrogens (tertiary/aromatic N) is 1. The van der Waals surface area contributed by atoms with Gasteiger partial charge in [-0.3, -0.25) is 0 Å². The van der Waals surface area contributed by atoms with Crippen molar-refractivity contribution in [2.75, 3.05) is 19.7 Å². The summed E-state index contributed by atoms with van der Waals surface area (Å²) in [4.78, 5) is 13.8. The van der Waals surface area contributed by atoms with Gasteiger partial charge in [-0.15, -0.1) is 0 Å². The first kappa shape index (κ1) is 19.6. The van der Waals surface area contributed by atoms with Gasteiger partial charge in [-0.1, -0.05) is 47.5 Å². The number of cyclic esters (lactones) is 1. The number of benzene rings is 2. The second-order valence-corrected chi connectivity index (χ2v) is 8.44. The summed E-state index contributed by atoms with van der Waals surface area (Å²) in [7, 11) is 0. The van der Waals surface area contributed by atoms with Crippen LogP contribution in [0.4, 0.5) is 4.79 Å². The third-order valence-electron chi connectivity index (χ3n) is 5.76. The predicted octanol–water partition coefficient (Wildman–Crippen LogP) is 5.47. The Morgan fingerprint density at radius 2 is 1.89 bits per heavy atom. The third-order valence-corrected chi connectivity index (χ3v) is 6.36. The molecule has 0 saturated carbocycles. The molecule has 0 spiro atoms. The smallest absolute Gasteiger partial charge is 0.407 e. The van der Waals surface area contributed by atoms with Crippen molar-refractivity contribution in [2.45, 2.75) is 38.3 Å². The average molecular weight is 419 g/mol. The van der Waals surface area contributed by atoms with Gasteiger partial charge in [-0.2, -0.15) is 0 Å². The van der Waals surface area contributed by atoms with Crippen LogP contribution >= 0.6 is 23.2 Å². The molecule has 4 nitrogen and oxygen atoms in total. The molecule has 28 heavy (non-hydrogen) atoms. The molecule has 4 rings (SSSR count). The number of alkyl carbamates (subject to hydrolysis) is 1. The Morgan fingerprint density at radius 1 is 1.18 bits per heavy atom. The quantitative estimate of drug-likeness (QED) is 0.699. The van der Waals surface area contributed by atoms with E-state index in [0.29, 0.717) is 16.1 Å². The number of hydrogen-bond acceptors (Lipinski definition) is 3. The molecule has 2 heterocycles. The Morgan fingerprint density at radius 3 is 2.46 bits per heavy atom. The molecule has 2 aliphatic heterocycles. The molecule has 2 aliphatic rings. The number of halogens is 2. The largest absolute Gasteiger partial charge is 0.447 e. The molecule has 148 valence electrons. The summed E-state index contributed by atoms with van der Waals surface area (Å²) >= 11 is 13.1. The highest BCUT2D eigenvalue weighted by atomic mass is 35.5. The molecule has 1 N–H and O–H groups in total. The summed E-state index contributed by atoms with van der Waals surface area (Å²) in [6.07, 6.45) is 3.25. The topological polar surface area (TPSA) is 41.6 Å². The zero-order valence-corrected chi connectivity index (χ0v) is 17.4. The van der Waals surface area contributed by atoms with Crippen molar-refractivity contribution >= 4 is 29.3 Å². The van der Waals surface area contributed by atoms with Crippen LogP contribution in [0.5, 0.6) is 0 Å². The van der Waals surface area contributed by atoms with Gasteiger partial charge in [0.25, 0.3) is 0 Å². The van der Waals surface area contributed by atoms with Gasteiger partial charge in [0.15, 0.2) is 0 Å². The molecule has 0 radical (unpaired) electrons. The van der Waals surface area contributed by atoms with Crippen molar-refractivity contribution in [3.63, 3.8) is 0 Å². The summed E-state index contributed by atoms with van der Waals surface area (Å²) in [5, 5.41) is 3.89. The number of rotatable bonds is 5. The highest BCUT2D eigenvalue weighted by Gasteiger charge is 2.25. The predicted molar refractivity (Wildman–Crippen MR) is 113 cm³/mol. The molecule has 2 fully saturated rings. The number of carbonyl (C=O) groups is 1. The molecule has 2 aromatic carbocycles. The number of nitrogens with one attached hydrogen (secondary N) is 1. The monoisotopic (exact) mass is 418 g/mol. The second-order valence-electron chi connectivity index (χ2n) is 7.63. The lowest BCUT2D eigenvalue weighted by molar-refractivity contribution is 0.177. The Balaban J connectivity index is 1.48. The second kappa shape index (κ2) is 8.32. The standard InChI is InChI=1S/C22H24Cl2N2O2/c1-14-3-2-9-26(14)10-8-15-4-6-16(7-5-15)21-18(23)11-17(12-19(21)24)20-13-28-22(27)25-20/h4-7,11-12,14,20H,2-3,8-10,13H2,1H3,(H,25,27)/t14-,20+/m1/s1. The van der Waals surface area contributed by atoms with Crippen molar-refractivity contribution in [3.05, 3.63) is 57.6 Å². The number of likely N-dealkylation sites (tertiary alicyclic amines) is 1. The molecular formula is C22H24Cl2N2O2. The van der Waals surface area contributed by atoms with E-state index in [1.165, 1.54) is 24.9 Å². The van der Waals surface area contributed by atoms with Gasteiger partial charge < -0.3 is 15.0 Å². The van der Waals surface area contributed by atoms with Gasteiger partial charge >= 0.3 is 6.09 Å². The van der Waals surface area contributed by atoms with Crippen LogP contribution in [0.3, 0.4) is 0 Å². The normalized spacial score (nSPS) is 22.3. The summed E-state index contributed by atoms with van der Waals surface area (Å²) < 4.78 is 4.95. The van der Waals surface area contributed by atoms with Crippen molar-refractivity contribution in [3.8, 4) is 11.1 Å². The first-order chi connectivity index (χ1) is 13.5. The number of amides is 1. The molecule has 0 aromatic heterocycles. The van der Waals surface area contributed by atoms with E-state index in [1.807, 2.05) is 12.1 Å². The van der Waals surface area contributed by atoms with E-state index in [4.69, 9.17) is 27.9 Å². The van der Waals surface area contributed by atoms with Gasteiger partial charge in [0.2, 0.25) is 0 Å². The van der Waals surface area contributed by atoms with Crippen molar-refractivity contribution in [2.24, 2.45) is 0 Å². The number of hydrogen-bond donors (Lipinski definition) is 1. The molecule has 0 aliphatic carbocycles. The highest BCUT2D eigenvalue weighted by Crippen LogP contribution is 2.38. The minimum atomic E-state index is -0.416. The minimum Gasteiger partial charge on any atom is -0.447 e. The fraction of sp³-hybridized carbons (Fsp3) is 0.409. The molecule has 6 heteroatoms. The van der Waals surface area contributed by atoms with E-state index in [2.05, 4.69) is 41.4 Å². The zero-order chi connectivity index (χ0) is 19.7. The van der Waals surface area contributed by atoms with Crippen LogP contribution in [0.2, 0.25) is 10.0 Å². The van der Waals surface area contributed by atoms with E-state index >= 15 is 0 Å². The first-order valence-corrected chi connectivity index (χ1v) is 10.5.